The van der Waals surface area contributed by atoms with E-state index in [1.807, 2.05) is 53.6 Å². The molecule has 0 spiro atoms. The van der Waals surface area contributed by atoms with Crippen LogP contribution in [0.3, 0.4) is 0 Å². The molecule has 0 bridgehead atoms. The van der Waals surface area contributed by atoms with Crippen molar-refractivity contribution in [1.82, 2.24) is 5.06 Å². The van der Waals surface area contributed by atoms with Crippen molar-refractivity contribution in [2.45, 2.75) is 71.3 Å². The number of nitriles is 1. The number of rotatable bonds is 4. The Morgan fingerprint density at radius 2 is 1.50 bits per heavy atom. The van der Waals surface area contributed by atoms with Gasteiger partial charge in [0, 0.05) is 16.7 Å². The number of nitrogens with zero attached hydrogens (tertiary/aromatic N) is 3. The van der Waals surface area contributed by atoms with Gasteiger partial charge in [0.05, 0.1) is 13.6 Å². The van der Waals surface area contributed by atoms with Gasteiger partial charge in [0.25, 0.3) is 0 Å². The van der Waals surface area contributed by atoms with E-state index in [0.29, 0.717) is 11.3 Å². The van der Waals surface area contributed by atoms with Gasteiger partial charge in [-0.1, -0.05) is 94.5 Å². The van der Waals surface area contributed by atoms with Crippen LogP contribution in [-0.4, -0.2) is 36.7 Å². The monoisotopic (exact) mass is 525 g/mol. The van der Waals surface area contributed by atoms with E-state index >= 15 is 0 Å². The second-order valence-electron chi connectivity index (χ2n) is 12.7. The van der Waals surface area contributed by atoms with E-state index in [-0.39, 0.29) is 5.04 Å². The van der Waals surface area contributed by atoms with Gasteiger partial charge in [-0.2, -0.15) is 5.26 Å². The van der Waals surface area contributed by atoms with Crippen LogP contribution in [0.25, 0.3) is 16.9 Å². The summed E-state index contributed by atoms with van der Waals surface area (Å²) in [6, 6.07) is 22.3. The fraction of sp³-hybridized carbons (Fsp3) is 0.375. The first-order valence-electron chi connectivity index (χ1n) is 13.2. The topological polar surface area (TPSA) is 62.3 Å². The molecule has 38 heavy (non-hydrogen) atoms. The molecule has 1 unspecified atom stereocenters. The average molecular weight is 526 g/mol. The molecule has 2 aliphatic carbocycles. The molecule has 198 valence electrons. The SMILES string of the molecule is C/[N+]([O-])=C/c1c2cccccc-2c(C2C(C#N)=C(c3ccccc3)ON2C(C)(C)C)c1[Si](C)(C)C(C)(C)C. The smallest absolute Gasteiger partial charge is 0.182 e. The number of fused-ring (bicyclic) bond motifs is 1. The van der Waals surface area contributed by atoms with Crippen LogP contribution in [-0.2, 0) is 4.84 Å². The van der Waals surface area contributed by atoms with Gasteiger partial charge in [-0.25, -0.2) is 4.74 Å². The highest BCUT2D eigenvalue weighted by Gasteiger charge is 2.50. The van der Waals surface area contributed by atoms with Gasteiger partial charge in [0.15, 0.2) is 12.0 Å². The number of hydroxylamine groups is 3. The molecule has 0 aromatic heterocycles. The molecule has 1 aliphatic heterocycles. The Hall–Kier alpha value is -3.40. The lowest BCUT2D eigenvalue weighted by atomic mass is 9.93. The van der Waals surface area contributed by atoms with Crippen molar-refractivity contribution in [2.75, 3.05) is 7.05 Å². The minimum atomic E-state index is -2.26. The molecule has 0 N–H and O–H groups in total. The summed E-state index contributed by atoms with van der Waals surface area (Å²) in [5.41, 5.74) is 5.16. The van der Waals surface area contributed by atoms with E-state index in [4.69, 9.17) is 4.84 Å². The van der Waals surface area contributed by atoms with Crippen LogP contribution in [0.2, 0.25) is 18.1 Å². The van der Waals surface area contributed by atoms with Crippen molar-refractivity contribution in [3.63, 3.8) is 0 Å². The lowest BCUT2D eigenvalue weighted by Crippen LogP contribution is -2.53. The average Bonchev–Trinajstić information content (AvgIpc) is 3.23. The van der Waals surface area contributed by atoms with E-state index in [1.165, 1.54) is 12.2 Å². The highest BCUT2D eigenvalue weighted by Crippen LogP contribution is 2.51. The maximum Gasteiger partial charge on any atom is 0.182 e. The van der Waals surface area contributed by atoms with Crippen molar-refractivity contribution >= 4 is 25.2 Å². The summed E-state index contributed by atoms with van der Waals surface area (Å²) in [5.74, 6) is 0.593. The van der Waals surface area contributed by atoms with E-state index in [1.54, 1.807) is 6.21 Å². The van der Waals surface area contributed by atoms with Crippen molar-refractivity contribution in [2.24, 2.45) is 0 Å². The minimum Gasteiger partial charge on any atom is -0.624 e. The molecule has 0 saturated heterocycles. The maximum atomic E-state index is 12.6. The van der Waals surface area contributed by atoms with Crippen LogP contribution in [0.4, 0.5) is 0 Å². The number of hydrogen-bond acceptors (Lipinski definition) is 4. The molecule has 1 atom stereocenters. The molecule has 6 heteroatoms. The zero-order valence-corrected chi connectivity index (χ0v) is 25.1. The van der Waals surface area contributed by atoms with Crippen LogP contribution < -0.4 is 5.19 Å². The van der Waals surface area contributed by atoms with Gasteiger partial charge in [-0.3, -0.25) is 0 Å². The van der Waals surface area contributed by atoms with Crippen LogP contribution in [0.1, 0.15) is 64.3 Å². The molecular formula is C32H39N3O2Si. The summed E-state index contributed by atoms with van der Waals surface area (Å²) >= 11 is 0. The summed E-state index contributed by atoms with van der Waals surface area (Å²) in [7, 11) is -0.725. The second kappa shape index (κ2) is 9.72. The van der Waals surface area contributed by atoms with Crippen molar-refractivity contribution in [3.8, 4) is 17.2 Å². The second-order valence-corrected chi connectivity index (χ2v) is 18.0. The van der Waals surface area contributed by atoms with Gasteiger partial charge in [-0.05, 0) is 47.7 Å². The van der Waals surface area contributed by atoms with Gasteiger partial charge in [0.2, 0.25) is 0 Å². The number of benzene rings is 1. The van der Waals surface area contributed by atoms with Crippen LogP contribution in [0.15, 0.2) is 66.2 Å². The molecule has 5 nitrogen and oxygen atoms in total. The third kappa shape index (κ3) is 4.66. The summed E-state index contributed by atoms with van der Waals surface area (Å²) in [5, 5.41) is 26.4. The van der Waals surface area contributed by atoms with Crippen LogP contribution in [0.5, 0.6) is 0 Å². The fourth-order valence-corrected chi connectivity index (χ4v) is 7.78. The zero-order chi connectivity index (χ0) is 28.0. The van der Waals surface area contributed by atoms with Gasteiger partial charge >= 0.3 is 0 Å². The molecule has 0 fully saturated rings. The first-order chi connectivity index (χ1) is 17.7. The third-order valence-corrected chi connectivity index (χ3v) is 13.5. The van der Waals surface area contributed by atoms with Crippen molar-refractivity contribution in [3.05, 3.63) is 88.1 Å². The van der Waals surface area contributed by atoms with Gasteiger partial charge in [-0.15, -0.1) is 5.06 Å². The zero-order valence-electron chi connectivity index (χ0n) is 24.1. The Morgan fingerprint density at radius 3 is 2.00 bits per heavy atom. The molecular weight excluding hydrogens is 486 g/mol. The standard InChI is InChI=1S/C32H39N3O2Si/c1-31(2,3)35-28(25(20-33)29(37-35)22-16-12-10-13-17-22)27-24-19-15-11-14-18-23(24)26(21-34(7)36)30(27)38(8,9)32(4,5)6/h10-19,21,28H,1-9H3/b34-21-. The Bertz CT molecular complexity index is 1420. The highest BCUT2D eigenvalue weighted by molar-refractivity contribution is 6.93. The molecule has 1 aromatic rings. The van der Waals surface area contributed by atoms with Crippen LogP contribution >= 0.6 is 0 Å². The molecule has 4 rings (SSSR count). The van der Waals surface area contributed by atoms with Crippen LogP contribution in [0, 0.1) is 16.5 Å². The van der Waals surface area contributed by atoms with E-state index in [2.05, 4.69) is 72.8 Å². The van der Waals surface area contributed by atoms with E-state index in [0.717, 1.165) is 32.6 Å². The van der Waals surface area contributed by atoms with Crippen molar-refractivity contribution in [1.29, 1.82) is 5.26 Å². The van der Waals surface area contributed by atoms with Crippen molar-refractivity contribution < 1.29 is 9.58 Å². The lowest BCUT2D eigenvalue weighted by Gasteiger charge is -2.41. The van der Waals surface area contributed by atoms with Gasteiger partial charge in [0.1, 0.15) is 19.2 Å². The quantitative estimate of drug-likeness (QED) is 0.120. The molecule has 0 amide bonds. The first kappa shape index (κ1) is 27.6. The van der Waals surface area contributed by atoms with E-state index in [9.17, 15) is 10.5 Å². The summed E-state index contributed by atoms with van der Waals surface area (Å²) in [6.07, 6.45) is 1.72. The number of hydrogen-bond donors (Lipinski definition) is 0. The van der Waals surface area contributed by atoms with E-state index < -0.39 is 19.7 Å². The third-order valence-electron chi connectivity index (χ3n) is 8.00. The Kier molecular flexibility index (Phi) is 7.07. The Morgan fingerprint density at radius 1 is 0.947 bits per heavy atom. The fourth-order valence-electron chi connectivity index (χ4n) is 5.22. The summed E-state index contributed by atoms with van der Waals surface area (Å²) in [6.45, 7) is 17.9. The van der Waals surface area contributed by atoms with Gasteiger partial charge < -0.3 is 10.0 Å². The maximum absolute atomic E-state index is 12.6. The Labute approximate surface area is 228 Å². The summed E-state index contributed by atoms with van der Waals surface area (Å²) < 4.78 is 0.894. The molecule has 0 radical (unpaired) electrons. The highest BCUT2D eigenvalue weighted by atomic mass is 28.3. The largest absolute Gasteiger partial charge is 0.624 e. The Balaban J connectivity index is 2.21. The minimum absolute atomic E-state index is 0.0107. The molecule has 1 heterocycles. The summed E-state index contributed by atoms with van der Waals surface area (Å²) in [4.78, 5) is 6.62. The normalized spacial score (nSPS) is 17.6. The molecule has 3 aliphatic rings. The predicted molar refractivity (Wildman–Crippen MR) is 159 cm³/mol. The predicted octanol–water partition coefficient (Wildman–Crippen LogP) is 7.09. The molecule has 0 saturated carbocycles. The first-order valence-corrected chi connectivity index (χ1v) is 16.2. The molecule has 1 aromatic carbocycles. The lowest BCUT2D eigenvalue weighted by molar-refractivity contribution is -0.416.